The van der Waals surface area contributed by atoms with Crippen LogP contribution in [0.15, 0.2) is 24.3 Å². The fourth-order valence-corrected chi connectivity index (χ4v) is 2.45. The summed E-state index contributed by atoms with van der Waals surface area (Å²) in [6.07, 6.45) is 4.74. The first-order valence-electron chi connectivity index (χ1n) is 6.98. The van der Waals surface area contributed by atoms with Gasteiger partial charge >= 0.3 is 0 Å². The Morgan fingerprint density at radius 2 is 1.84 bits per heavy atom. The molecule has 3 nitrogen and oxygen atoms in total. The zero-order chi connectivity index (χ0) is 13.7. The van der Waals surface area contributed by atoms with Crippen LogP contribution in [-0.4, -0.2) is 29.9 Å². The van der Waals surface area contributed by atoms with Gasteiger partial charge in [-0.2, -0.15) is 0 Å². The summed E-state index contributed by atoms with van der Waals surface area (Å²) in [5, 5.41) is 2.67. The molecule has 1 N–H and O–H groups in total. The lowest BCUT2D eigenvalue weighted by molar-refractivity contribution is -0.120. The molecule has 0 unspecified atom stereocenters. The predicted octanol–water partition coefficient (Wildman–Crippen LogP) is 3.03. The Morgan fingerprint density at radius 3 is 2.47 bits per heavy atom. The molecular weight excluding hydrogens is 243 g/mol. The van der Waals surface area contributed by atoms with Crippen molar-refractivity contribution in [1.29, 1.82) is 0 Å². The van der Waals surface area contributed by atoms with Crippen LogP contribution in [-0.2, 0) is 4.79 Å². The molecule has 2 rings (SSSR count). The van der Waals surface area contributed by atoms with Crippen LogP contribution in [0, 0.1) is 5.82 Å². The molecule has 1 fully saturated rings. The molecule has 104 valence electrons. The largest absolute Gasteiger partial charge is 0.322 e. The number of para-hydroxylation sites is 1. The van der Waals surface area contributed by atoms with Crippen molar-refractivity contribution in [2.24, 2.45) is 0 Å². The van der Waals surface area contributed by atoms with E-state index < -0.39 is 0 Å². The molecule has 1 aliphatic heterocycles. The Labute approximate surface area is 113 Å². The van der Waals surface area contributed by atoms with E-state index in [1.54, 1.807) is 18.2 Å². The number of nitrogens with zero attached hydrogens (tertiary/aromatic N) is 1. The third-order valence-corrected chi connectivity index (χ3v) is 3.70. The molecule has 0 aromatic heterocycles. The number of benzene rings is 1. The zero-order valence-electron chi connectivity index (χ0n) is 11.4. The van der Waals surface area contributed by atoms with Gasteiger partial charge in [0.1, 0.15) is 5.82 Å². The van der Waals surface area contributed by atoms with E-state index in [-0.39, 0.29) is 23.5 Å². The summed E-state index contributed by atoms with van der Waals surface area (Å²) in [7, 11) is 0. The number of anilines is 1. The van der Waals surface area contributed by atoms with Crippen LogP contribution in [0.5, 0.6) is 0 Å². The van der Waals surface area contributed by atoms with Gasteiger partial charge in [0, 0.05) is 0 Å². The number of carbonyl (C=O) groups excluding carboxylic acids is 1. The molecule has 1 saturated heterocycles. The molecular formula is C15H21FN2O. The highest BCUT2D eigenvalue weighted by Crippen LogP contribution is 2.16. The van der Waals surface area contributed by atoms with Gasteiger partial charge in [0.15, 0.2) is 0 Å². The third kappa shape index (κ3) is 3.77. The van der Waals surface area contributed by atoms with Crippen LogP contribution >= 0.6 is 0 Å². The number of hydrogen-bond acceptors (Lipinski definition) is 2. The average molecular weight is 264 g/mol. The monoisotopic (exact) mass is 264 g/mol. The second kappa shape index (κ2) is 6.66. The van der Waals surface area contributed by atoms with E-state index in [9.17, 15) is 9.18 Å². The first-order chi connectivity index (χ1) is 9.18. The summed E-state index contributed by atoms with van der Waals surface area (Å²) in [5.41, 5.74) is 0.258. The van der Waals surface area contributed by atoms with Crippen molar-refractivity contribution < 1.29 is 9.18 Å². The first-order valence-corrected chi connectivity index (χ1v) is 6.98. The topological polar surface area (TPSA) is 32.3 Å². The minimum Gasteiger partial charge on any atom is -0.322 e. The van der Waals surface area contributed by atoms with Crippen molar-refractivity contribution in [2.75, 3.05) is 18.4 Å². The number of likely N-dealkylation sites (tertiary alicyclic amines) is 1. The van der Waals surface area contributed by atoms with Gasteiger partial charge in [-0.1, -0.05) is 25.0 Å². The number of halogens is 1. The van der Waals surface area contributed by atoms with Crippen LogP contribution in [0.1, 0.15) is 32.6 Å². The second-order valence-corrected chi connectivity index (χ2v) is 5.10. The summed E-state index contributed by atoms with van der Waals surface area (Å²) < 4.78 is 13.5. The van der Waals surface area contributed by atoms with Gasteiger partial charge in [0.2, 0.25) is 5.91 Å². The molecule has 1 aromatic carbocycles. The summed E-state index contributed by atoms with van der Waals surface area (Å²) in [4.78, 5) is 14.3. The van der Waals surface area contributed by atoms with Crippen LogP contribution in [0.4, 0.5) is 10.1 Å². The Kier molecular flexibility index (Phi) is 4.91. The van der Waals surface area contributed by atoms with Gasteiger partial charge in [-0.05, 0) is 45.0 Å². The number of nitrogens with one attached hydrogen (secondary N) is 1. The van der Waals surface area contributed by atoms with Gasteiger partial charge in [0.05, 0.1) is 11.7 Å². The molecule has 0 radical (unpaired) electrons. The van der Waals surface area contributed by atoms with E-state index >= 15 is 0 Å². The molecule has 19 heavy (non-hydrogen) atoms. The zero-order valence-corrected chi connectivity index (χ0v) is 11.4. The van der Waals surface area contributed by atoms with Gasteiger partial charge in [-0.25, -0.2) is 4.39 Å². The molecule has 1 aromatic rings. The van der Waals surface area contributed by atoms with Gasteiger partial charge in [-0.15, -0.1) is 0 Å². The molecule has 1 aliphatic rings. The maximum atomic E-state index is 13.5. The summed E-state index contributed by atoms with van der Waals surface area (Å²) in [6.45, 7) is 3.79. The van der Waals surface area contributed by atoms with Gasteiger partial charge in [0.25, 0.3) is 0 Å². The number of carbonyl (C=O) groups is 1. The number of hydrogen-bond donors (Lipinski definition) is 1. The highest BCUT2D eigenvalue weighted by molar-refractivity contribution is 5.94. The third-order valence-electron chi connectivity index (χ3n) is 3.70. The molecule has 0 bridgehead atoms. The Bertz CT molecular complexity index is 428. The molecule has 1 heterocycles. The van der Waals surface area contributed by atoms with Crippen molar-refractivity contribution in [1.82, 2.24) is 4.90 Å². The van der Waals surface area contributed by atoms with Crippen LogP contribution < -0.4 is 5.32 Å². The minimum absolute atomic E-state index is 0.132. The fraction of sp³-hybridized carbons (Fsp3) is 0.533. The van der Waals surface area contributed by atoms with E-state index in [1.807, 2.05) is 6.92 Å². The Balaban J connectivity index is 1.97. The van der Waals surface area contributed by atoms with Crippen LogP contribution in [0.25, 0.3) is 0 Å². The molecule has 4 heteroatoms. The Hall–Kier alpha value is -1.42. The number of amides is 1. The fourth-order valence-electron chi connectivity index (χ4n) is 2.45. The summed E-state index contributed by atoms with van der Waals surface area (Å²) in [6, 6.07) is 6.06. The van der Waals surface area contributed by atoms with Crippen molar-refractivity contribution in [3.05, 3.63) is 30.1 Å². The van der Waals surface area contributed by atoms with Crippen LogP contribution in [0.2, 0.25) is 0 Å². The highest BCUT2D eigenvalue weighted by atomic mass is 19.1. The van der Waals surface area contributed by atoms with Crippen molar-refractivity contribution in [3.63, 3.8) is 0 Å². The maximum Gasteiger partial charge on any atom is 0.241 e. The second-order valence-electron chi connectivity index (χ2n) is 5.10. The van der Waals surface area contributed by atoms with Crippen molar-refractivity contribution >= 4 is 11.6 Å². The number of rotatable bonds is 3. The maximum absolute atomic E-state index is 13.5. The smallest absolute Gasteiger partial charge is 0.241 e. The standard InChI is InChI=1S/C15H21FN2O/c1-12(18-10-6-2-3-7-11-18)15(19)17-14-9-5-4-8-13(14)16/h4-5,8-9,12H,2-3,6-7,10-11H2,1H3,(H,17,19)/t12-/m0/s1. The van der Waals surface area contributed by atoms with E-state index in [1.165, 1.54) is 18.9 Å². The van der Waals surface area contributed by atoms with E-state index in [0.717, 1.165) is 25.9 Å². The first kappa shape index (κ1) is 14.0. The summed E-state index contributed by atoms with van der Waals surface area (Å²) in [5.74, 6) is -0.522. The lowest BCUT2D eigenvalue weighted by Gasteiger charge is -2.26. The summed E-state index contributed by atoms with van der Waals surface area (Å²) >= 11 is 0. The molecule has 1 atom stereocenters. The normalized spacial score (nSPS) is 18.6. The molecule has 0 saturated carbocycles. The minimum atomic E-state index is -0.390. The van der Waals surface area contributed by atoms with E-state index in [2.05, 4.69) is 10.2 Å². The molecule has 0 spiro atoms. The SMILES string of the molecule is C[C@@H](C(=O)Nc1ccccc1F)N1CCCCCC1. The quantitative estimate of drug-likeness (QED) is 0.910. The predicted molar refractivity (Wildman–Crippen MR) is 74.5 cm³/mol. The van der Waals surface area contributed by atoms with Gasteiger partial charge < -0.3 is 5.32 Å². The Morgan fingerprint density at radius 1 is 1.21 bits per heavy atom. The van der Waals surface area contributed by atoms with Crippen molar-refractivity contribution in [3.8, 4) is 0 Å². The molecule has 1 amide bonds. The lowest BCUT2D eigenvalue weighted by atomic mass is 10.2. The van der Waals surface area contributed by atoms with Gasteiger partial charge in [-0.3, -0.25) is 9.69 Å². The van der Waals surface area contributed by atoms with E-state index in [4.69, 9.17) is 0 Å². The highest BCUT2D eigenvalue weighted by Gasteiger charge is 2.22. The van der Waals surface area contributed by atoms with E-state index in [0.29, 0.717) is 0 Å². The average Bonchev–Trinajstić information content (AvgIpc) is 2.69. The lowest BCUT2D eigenvalue weighted by Crippen LogP contribution is -2.42. The molecule has 0 aliphatic carbocycles. The van der Waals surface area contributed by atoms with Crippen molar-refractivity contribution in [2.45, 2.75) is 38.6 Å². The van der Waals surface area contributed by atoms with Crippen LogP contribution in [0.3, 0.4) is 0 Å².